The van der Waals surface area contributed by atoms with Crippen molar-refractivity contribution in [1.29, 1.82) is 0 Å². The van der Waals surface area contributed by atoms with Crippen LogP contribution in [0.5, 0.6) is 0 Å². The summed E-state index contributed by atoms with van der Waals surface area (Å²) in [5, 5.41) is 0. The number of nitrogens with two attached hydrogens (primary N) is 1. The van der Waals surface area contributed by atoms with Crippen LogP contribution in [0, 0.1) is 6.92 Å². The monoisotopic (exact) mass is 237 g/mol. The van der Waals surface area contributed by atoms with Crippen molar-refractivity contribution in [1.82, 2.24) is 9.88 Å². The molecule has 5 nitrogen and oxygen atoms in total. The number of methoxy groups -OCH3 is 1. The molecule has 0 saturated heterocycles. The molecule has 0 saturated carbocycles. The van der Waals surface area contributed by atoms with Crippen LogP contribution in [0.25, 0.3) is 0 Å². The second kappa shape index (κ2) is 6.98. The lowest BCUT2D eigenvalue weighted by molar-refractivity contribution is 0.0701. The first-order chi connectivity index (χ1) is 8.19. The molecule has 1 amide bonds. The van der Waals surface area contributed by atoms with Crippen molar-refractivity contribution in [2.24, 2.45) is 5.73 Å². The Bertz CT molecular complexity index is 351. The van der Waals surface area contributed by atoms with Gasteiger partial charge in [0.2, 0.25) is 0 Å². The molecular formula is C12H19N3O2. The smallest absolute Gasteiger partial charge is 0.255 e. The summed E-state index contributed by atoms with van der Waals surface area (Å²) in [4.78, 5) is 17.9. The van der Waals surface area contributed by atoms with Gasteiger partial charge in [0.15, 0.2) is 0 Å². The molecular weight excluding hydrogens is 218 g/mol. The molecule has 0 bridgehead atoms. The maximum atomic E-state index is 12.1. The minimum Gasteiger partial charge on any atom is -0.383 e. The number of carbonyl (C=O) groups excluding carboxylic acids is 1. The SMILES string of the molecule is COCCN(CCN)C(=O)c1ccc(C)nc1. The van der Waals surface area contributed by atoms with Gasteiger partial charge in [-0.1, -0.05) is 0 Å². The third-order valence-corrected chi connectivity index (χ3v) is 2.41. The van der Waals surface area contributed by atoms with Crippen molar-refractivity contribution in [3.63, 3.8) is 0 Å². The number of rotatable bonds is 6. The molecule has 0 radical (unpaired) electrons. The van der Waals surface area contributed by atoms with Gasteiger partial charge in [0, 0.05) is 38.6 Å². The molecule has 17 heavy (non-hydrogen) atoms. The van der Waals surface area contributed by atoms with Crippen LogP contribution in [0.15, 0.2) is 18.3 Å². The number of aromatic nitrogens is 1. The van der Waals surface area contributed by atoms with E-state index in [1.165, 1.54) is 0 Å². The predicted molar refractivity (Wildman–Crippen MR) is 65.8 cm³/mol. The number of ether oxygens (including phenoxy) is 1. The highest BCUT2D eigenvalue weighted by atomic mass is 16.5. The summed E-state index contributed by atoms with van der Waals surface area (Å²) in [7, 11) is 1.61. The predicted octanol–water partition coefficient (Wildman–Crippen LogP) is 0.437. The van der Waals surface area contributed by atoms with E-state index in [0.717, 1.165) is 5.69 Å². The second-order valence-corrected chi connectivity index (χ2v) is 3.76. The fourth-order valence-corrected chi connectivity index (χ4v) is 1.45. The van der Waals surface area contributed by atoms with Gasteiger partial charge in [-0.05, 0) is 19.1 Å². The summed E-state index contributed by atoms with van der Waals surface area (Å²) in [6.45, 7) is 3.90. The lowest BCUT2D eigenvalue weighted by atomic mass is 10.2. The minimum atomic E-state index is -0.0556. The van der Waals surface area contributed by atoms with Gasteiger partial charge in [0.25, 0.3) is 5.91 Å². The van der Waals surface area contributed by atoms with Crippen LogP contribution in [-0.2, 0) is 4.74 Å². The molecule has 0 aliphatic carbocycles. The summed E-state index contributed by atoms with van der Waals surface area (Å²) >= 11 is 0. The normalized spacial score (nSPS) is 10.3. The fraction of sp³-hybridized carbons (Fsp3) is 0.500. The number of pyridine rings is 1. The summed E-state index contributed by atoms with van der Waals surface area (Å²) in [5.41, 5.74) is 6.97. The van der Waals surface area contributed by atoms with Gasteiger partial charge in [-0.15, -0.1) is 0 Å². The molecule has 0 aliphatic rings. The molecule has 5 heteroatoms. The van der Waals surface area contributed by atoms with Crippen LogP contribution < -0.4 is 5.73 Å². The van der Waals surface area contributed by atoms with E-state index in [0.29, 0.717) is 31.8 Å². The van der Waals surface area contributed by atoms with E-state index in [1.807, 2.05) is 13.0 Å². The number of amides is 1. The van der Waals surface area contributed by atoms with E-state index in [2.05, 4.69) is 4.98 Å². The van der Waals surface area contributed by atoms with Crippen LogP contribution in [0.1, 0.15) is 16.1 Å². The Morgan fingerprint density at radius 1 is 1.47 bits per heavy atom. The minimum absolute atomic E-state index is 0.0556. The average Bonchev–Trinajstić information content (AvgIpc) is 2.34. The number of aryl methyl sites for hydroxylation is 1. The van der Waals surface area contributed by atoms with Crippen LogP contribution in [0.3, 0.4) is 0 Å². The Morgan fingerprint density at radius 3 is 2.76 bits per heavy atom. The quantitative estimate of drug-likeness (QED) is 0.779. The summed E-state index contributed by atoms with van der Waals surface area (Å²) < 4.78 is 4.97. The van der Waals surface area contributed by atoms with Gasteiger partial charge in [-0.2, -0.15) is 0 Å². The maximum absolute atomic E-state index is 12.1. The van der Waals surface area contributed by atoms with Crippen LogP contribution in [-0.4, -0.2) is 49.1 Å². The van der Waals surface area contributed by atoms with E-state index >= 15 is 0 Å². The van der Waals surface area contributed by atoms with Gasteiger partial charge in [0.05, 0.1) is 12.2 Å². The Labute approximate surface area is 102 Å². The topological polar surface area (TPSA) is 68.5 Å². The number of hydrogen-bond acceptors (Lipinski definition) is 4. The molecule has 2 N–H and O–H groups in total. The molecule has 0 unspecified atom stereocenters. The zero-order valence-corrected chi connectivity index (χ0v) is 10.3. The number of carbonyl (C=O) groups is 1. The zero-order valence-electron chi connectivity index (χ0n) is 10.3. The molecule has 0 fully saturated rings. The highest BCUT2D eigenvalue weighted by Gasteiger charge is 2.14. The summed E-state index contributed by atoms with van der Waals surface area (Å²) in [6, 6.07) is 3.60. The Balaban J connectivity index is 2.72. The number of hydrogen-bond donors (Lipinski definition) is 1. The van der Waals surface area contributed by atoms with Crippen molar-refractivity contribution in [2.75, 3.05) is 33.4 Å². The first kappa shape index (κ1) is 13.6. The van der Waals surface area contributed by atoms with Crippen LogP contribution >= 0.6 is 0 Å². The molecule has 1 aromatic heterocycles. The highest BCUT2D eigenvalue weighted by molar-refractivity contribution is 5.93. The Kier molecular flexibility index (Phi) is 5.59. The van der Waals surface area contributed by atoms with Crippen molar-refractivity contribution in [2.45, 2.75) is 6.92 Å². The van der Waals surface area contributed by atoms with Crippen molar-refractivity contribution in [3.8, 4) is 0 Å². The van der Waals surface area contributed by atoms with Gasteiger partial charge >= 0.3 is 0 Å². The molecule has 94 valence electrons. The fourth-order valence-electron chi connectivity index (χ4n) is 1.45. The van der Waals surface area contributed by atoms with Crippen LogP contribution in [0.4, 0.5) is 0 Å². The highest BCUT2D eigenvalue weighted by Crippen LogP contribution is 2.04. The van der Waals surface area contributed by atoms with E-state index in [-0.39, 0.29) is 5.91 Å². The standard InChI is InChI=1S/C12H19N3O2/c1-10-3-4-11(9-14-10)12(16)15(6-5-13)7-8-17-2/h3-4,9H,5-8,13H2,1-2H3. The van der Waals surface area contributed by atoms with Gasteiger partial charge in [0.1, 0.15) is 0 Å². The molecule has 1 rings (SSSR count). The lowest BCUT2D eigenvalue weighted by Gasteiger charge is -2.21. The molecule has 0 spiro atoms. The first-order valence-corrected chi connectivity index (χ1v) is 5.60. The third-order valence-electron chi connectivity index (χ3n) is 2.41. The number of nitrogens with zero attached hydrogens (tertiary/aromatic N) is 2. The van der Waals surface area contributed by atoms with E-state index < -0.39 is 0 Å². The summed E-state index contributed by atoms with van der Waals surface area (Å²) in [5.74, 6) is -0.0556. The van der Waals surface area contributed by atoms with Gasteiger partial charge < -0.3 is 15.4 Å². The molecule has 0 aromatic carbocycles. The largest absolute Gasteiger partial charge is 0.383 e. The van der Waals surface area contributed by atoms with Crippen molar-refractivity contribution >= 4 is 5.91 Å². The third kappa shape index (κ3) is 4.13. The molecule has 0 atom stereocenters. The van der Waals surface area contributed by atoms with E-state index in [4.69, 9.17) is 10.5 Å². The zero-order chi connectivity index (χ0) is 12.7. The summed E-state index contributed by atoms with van der Waals surface area (Å²) in [6.07, 6.45) is 1.59. The molecule has 0 aliphatic heterocycles. The van der Waals surface area contributed by atoms with Gasteiger partial charge in [-0.3, -0.25) is 9.78 Å². The van der Waals surface area contributed by atoms with E-state index in [1.54, 1.807) is 24.3 Å². The van der Waals surface area contributed by atoms with Crippen molar-refractivity contribution < 1.29 is 9.53 Å². The molecule has 1 aromatic rings. The van der Waals surface area contributed by atoms with Crippen LogP contribution in [0.2, 0.25) is 0 Å². The Hall–Kier alpha value is -1.46. The van der Waals surface area contributed by atoms with E-state index in [9.17, 15) is 4.79 Å². The maximum Gasteiger partial charge on any atom is 0.255 e. The average molecular weight is 237 g/mol. The first-order valence-electron chi connectivity index (χ1n) is 5.60. The van der Waals surface area contributed by atoms with Gasteiger partial charge in [-0.25, -0.2) is 0 Å². The molecule has 1 heterocycles. The second-order valence-electron chi connectivity index (χ2n) is 3.76. The van der Waals surface area contributed by atoms with Crippen molar-refractivity contribution in [3.05, 3.63) is 29.6 Å². The Morgan fingerprint density at radius 2 is 2.24 bits per heavy atom. The lowest BCUT2D eigenvalue weighted by Crippen LogP contribution is -2.37.